The number of hydrogen-bond donors (Lipinski definition) is 1. The molecule has 0 spiro atoms. The third kappa shape index (κ3) is 3.49. The first-order valence-electron chi connectivity index (χ1n) is 5.88. The molecule has 0 saturated heterocycles. The topological polar surface area (TPSA) is 24.9 Å². The molecular formula is C13H13ClF2N2S. The fourth-order valence-electron chi connectivity index (χ4n) is 1.87. The monoisotopic (exact) mass is 302 g/mol. The molecule has 1 heterocycles. The van der Waals surface area contributed by atoms with E-state index in [1.165, 1.54) is 11.3 Å². The fourth-order valence-corrected chi connectivity index (χ4v) is 2.69. The summed E-state index contributed by atoms with van der Waals surface area (Å²) in [7, 11) is 0. The lowest BCUT2D eigenvalue weighted by atomic mass is 10.0. The summed E-state index contributed by atoms with van der Waals surface area (Å²) in [6.45, 7) is 2.57. The molecule has 19 heavy (non-hydrogen) atoms. The first-order valence-corrected chi connectivity index (χ1v) is 7.13. The van der Waals surface area contributed by atoms with Crippen molar-refractivity contribution in [1.82, 2.24) is 10.3 Å². The number of nitrogens with zero attached hydrogens (tertiary/aromatic N) is 1. The van der Waals surface area contributed by atoms with Crippen LogP contribution in [0.15, 0.2) is 23.7 Å². The lowest BCUT2D eigenvalue weighted by Gasteiger charge is -2.18. The minimum absolute atomic E-state index is 0.203. The summed E-state index contributed by atoms with van der Waals surface area (Å²) < 4.78 is 27.4. The largest absolute Gasteiger partial charge is 0.310 e. The Labute approximate surface area is 119 Å². The van der Waals surface area contributed by atoms with Crippen molar-refractivity contribution in [3.63, 3.8) is 0 Å². The Hall–Kier alpha value is -1.04. The van der Waals surface area contributed by atoms with E-state index < -0.39 is 11.6 Å². The van der Waals surface area contributed by atoms with Gasteiger partial charge in [-0.15, -0.1) is 11.3 Å². The highest BCUT2D eigenvalue weighted by Crippen LogP contribution is 2.26. The summed E-state index contributed by atoms with van der Waals surface area (Å²) in [6.07, 6.45) is 2.21. The Balaban J connectivity index is 2.30. The predicted octanol–water partition coefficient (Wildman–Crippen LogP) is 3.97. The number of hydrogen-bond acceptors (Lipinski definition) is 3. The van der Waals surface area contributed by atoms with Gasteiger partial charge in [0, 0.05) is 29.6 Å². The van der Waals surface area contributed by atoms with Gasteiger partial charge in [-0.3, -0.25) is 0 Å². The van der Waals surface area contributed by atoms with E-state index in [9.17, 15) is 8.78 Å². The number of halogens is 3. The van der Waals surface area contributed by atoms with Crippen LogP contribution in [-0.4, -0.2) is 11.5 Å². The van der Waals surface area contributed by atoms with E-state index in [1.807, 2.05) is 12.3 Å². The molecule has 1 aromatic heterocycles. The highest BCUT2D eigenvalue weighted by molar-refractivity contribution is 7.09. The van der Waals surface area contributed by atoms with E-state index in [2.05, 4.69) is 10.3 Å². The zero-order chi connectivity index (χ0) is 13.8. The Morgan fingerprint density at radius 1 is 1.37 bits per heavy atom. The molecule has 1 N–H and O–H groups in total. The molecule has 1 atom stereocenters. The first-order chi connectivity index (χ1) is 9.11. The van der Waals surface area contributed by atoms with E-state index in [4.69, 9.17) is 11.6 Å². The van der Waals surface area contributed by atoms with Gasteiger partial charge in [0.05, 0.1) is 10.0 Å². The summed E-state index contributed by atoms with van der Waals surface area (Å²) in [5.74, 6) is -1.12. The number of likely N-dealkylation sites (N-methyl/N-ethyl adjacent to an activating group) is 1. The van der Waals surface area contributed by atoms with Crippen molar-refractivity contribution in [2.75, 3.05) is 6.54 Å². The second-order valence-corrected chi connectivity index (χ2v) is 5.41. The molecule has 0 radical (unpaired) electrons. The Kier molecular flexibility index (Phi) is 4.85. The van der Waals surface area contributed by atoms with Gasteiger partial charge < -0.3 is 5.32 Å². The Bertz CT molecular complexity index is 546. The predicted molar refractivity (Wildman–Crippen MR) is 73.6 cm³/mol. The minimum atomic E-state index is -0.611. The van der Waals surface area contributed by atoms with Gasteiger partial charge >= 0.3 is 0 Å². The molecular weight excluding hydrogens is 290 g/mol. The van der Waals surface area contributed by atoms with Crippen molar-refractivity contribution in [2.45, 2.75) is 19.4 Å². The summed E-state index contributed by atoms with van der Waals surface area (Å²) in [6, 6.07) is 1.85. The van der Waals surface area contributed by atoms with E-state index in [0.717, 1.165) is 17.1 Å². The van der Waals surface area contributed by atoms with Crippen LogP contribution in [0.1, 0.15) is 23.5 Å². The van der Waals surface area contributed by atoms with Crippen LogP contribution < -0.4 is 5.32 Å². The first kappa shape index (κ1) is 14.4. The zero-order valence-electron chi connectivity index (χ0n) is 10.3. The number of rotatable bonds is 5. The van der Waals surface area contributed by atoms with Crippen LogP contribution in [0.2, 0.25) is 5.02 Å². The van der Waals surface area contributed by atoms with Crippen molar-refractivity contribution in [2.24, 2.45) is 0 Å². The number of benzene rings is 1. The van der Waals surface area contributed by atoms with Crippen LogP contribution in [0.3, 0.4) is 0 Å². The van der Waals surface area contributed by atoms with Crippen LogP contribution >= 0.6 is 22.9 Å². The third-order valence-corrected chi connectivity index (χ3v) is 3.82. The van der Waals surface area contributed by atoms with Gasteiger partial charge in [-0.2, -0.15) is 0 Å². The summed E-state index contributed by atoms with van der Waals surface area (Å²) >= 11 is 7.06. The number of aromatic nitrogens is 1. The summed E-state index contributed by atoms with van der Waals surface area (Å²) in [5, 5.41) is 5.67. The van der Waals surface area contributed by atoms with Gasteiger partial charge in [0.2, 0.25) is 0 Å². The maximum absolute atomic E-state index is 13.9. The van der Waals surface area contributed by atoms with Gasteiger partial charge in [-0.25, -0.2) is 13.8 Å². The van der Waals surface area contributed by atoms with E-state index in [0.29, 0.717) is 13.0 Å². The van der Waals surface area contributed by atoms with E-state index in [1.54, 1.807) is 6.20 Å². The van der Waals surface area contributed by atoms with Crippen molar-refractivity contribution in [1.29, 1.82) is 0 Å². The van der Waals surface area contributed by atoms with Gasteiger partial charge in [0.15, 0.2) is 0 Å². The van der Waals surface area contributed by atoms with Gasteiger partial charge in [0.1, 0.15) is 11.6 Å². The van der Waals surface area contributed by atoms with Gasteiger partial charge in [0.25, 0.3) is 0 Å². The molecule has 6 heteroatoms. The molecule has 0 aliphatic heterocycles. The molecule has 2 aromatic rings. The van der Waals surface area contributed by atoms with Gasteiger partial charge in [-0.05, 0) is 18.7 Å². The molecule has 0 saturated carbocycles. The smallest absolute Gasteiger partial charge is 0.142 e. The summed E-state index contributed by atoms with van der Waals surface area (Å²) in [4.78, 5) is 4.17. The summed E-state index contributed by atoms with van der Waals surface area (Å²) in [5.41, 5.74) is 0.277. The second-order valence-electron chi connectivity index (χ2n) is 4.03. The van der Waals surface area contributed by atoms with Gasteiger partial charge in [-0.1, -0.05) is 18.5 Å². The van der Waals surface area contributed by atoms with Crippen LogP contribution in [0.4, 0.5) is 8.78 Å². The highest BCUT2D eigenvalue weighted by Gasteiger charge is 2.19. The van der Waals surface area contributed by atoms with Crippen LogP contribution in [0.5, 0.6) is 0 Å². The Morgan fingerprint density at radius 3 is 2.79 bits per heavy atom. The molecule has 102 valence electrons. The molecule has 0 bridgehead atoms. The SMILES string of the molecule is CCNC(Cc1nccs1)c1cc(F)c(Cl)cc1F. The fraction of sp³-hybridized carbons (Fsp3) is 0.308. The molecule has 2 rings (SSSR count). The molecule has 0 amide bonds. The zero-order valence-corrected chi connectivity index (χ0v) is 11.9. The highest BCUT2D eigenvalue weighted by atomic mass is 35.5. The molecule has 0 aliphatic rings. The standard InChI is InChI=1S/C13H13ClF2N2S/c1-2-17-12(7-13-18-3-4-19-13)8-5-11(16)9(14)6-10(8)15/h3-6,12,17H,2,7H2,1H3. The van der Waals surface area contributed by atoms with Crippen molar-refractivity contribution >= 4 is 22.9 Å². The van der Waals surface area contributed by atoms with Crippen LogP contribution in [0, 0.1) is 11.6 Å². The molecule has 1 aromatic carbocycles. The average Bonchev–Trinajstić information content (AvgIpc) is 2.86. The number of nitrogens with one attached hydrogen (secondary N) is 1. The Morgan fingerprint density at radius 2 is 2.16 bits per heavy atom. The van der Waals surface area contributed by atoms with Crippen molar-refractivity contribution in [3.05, 3.63) is 50.9 Å². The van der Waals surface area contributed by atoms with Crippen molar-refractivity contribution in [3.8, 4) is 0 Å². The molecule has 0 fully saturated rings. The molecule has 0 aliphatic carbocycles. The van der Waals surface area contributed by atoms with Crippen LogP contribution in [-0.2, 0) is 6.42 Å². The number of thiazole rings is 1. The maximum atomic E-state index is 13.9. The van der Waals surface area contributed by atoms with E-state index in [-0.39, 0.29) is 16.6 Å². The normalized spacial score (nSPS) is 12.6. The lowest BCUT2D eigenvalue weighted by Crippen LogP contribution is -2.24. The molecule has 2 nitrogen and oxygen atoms in total. The molecule has 1 unspecified atom stereocenters. The third-order valence-electron chi connectivity index (χ3n) is 2.73. The lowest BCUT2D eigenvalue weighted by molar-refractivity contribution is 0.501. The van der Waals surface area contributed by atoms with Crippen LogP contribution in [0.25, 0.3) is 0 Å². The maximum Gasteiger partial charge on any atom is 0.142 e. The van der Waals surface area contributed by atoms with Crippen molar-refractivity contribution < 1.29 is 8.78 Å². The minimum Gasteiger partial charge on any atom is -0.310 e. The second kappa shape index (κ2) is 6.41. The van der Waals surface area contributed by atoms with E-state index >= 15 is 0 Å². The average molecular weight is 303 g/mol. The quantitative estimate of drug-likeness (QED) is 0.845.